The number of rotatable bonds is 6. The first-order valence-corrected chi connectivity index (χ1v) is 13.6. The van der Waals surface area contributed by atoms with Crippen molar-refractivity contribution in [1.82, 2.24) is 4.98 Å². The molecule has 1 amide bonds. The lowest BCUT2D eigenvalue weighted by molar-refractivity contribution is -0.119. The van der Waals surface area contributed by atoms with Crippen molar-refractivity contribution in [2.24, 2.45) is 0 Å². The van der Waals surface area contributed by atoms with Crippen LogP contribution in [0.3, 0.4) is 0 Å². The summed E-state index contributed by atoms with van der Waals surface area (Å²) >= 11 is 7.54. The van der Waals surface area contributed by atoms with Gasteiger partial charge in [0.2, 0.25) is 0 Å². The Morgan fingerprint density at radius 1 is 1.14 bits per heavy atom. The molecular weight excluding hydrogens is 522 g/mol. The van der Waals surface area contributed by atoms with Crippen LogP contribution in [0.4, 0.5) is 10.8 Å². The molecule has 3 aromatic carbocycles. The summed E-state index contributed by atoms with van der Waals surface area (Å²) in [6, 6.07) is 16.9. The molecule has 1 N–H and O–H groups in total. The Morgan fingerprint density at radius 2 is 1.94 bits per heavy atom. The fraction of sp³-hybridized carbons (Fsp3) is 0.160. The van der Waals surface area contributed by atoms with Crippen molar-refractivity contribution < 1.29 is 22.7 Å². The molecular formula is C25H20ClN3O5S2. The maximum atomic E-state index is 13.4. The van der Waals surface area contributed by atoms with E-state index in [4.69, 9.17) is 16.3 Å². The zero-order valence-corrected chi connectivity index (χ0v) is 21.4. The number of hydrogen-bond acceptors (Lipinski definition) is 7. The number of thiazole rings is 1. The minimum Gasteiger partial charge on any atom is -0.452 e. The number of aromatic nitrogens is 1. The largest absolute Gasteiger partial charge is 0.452 e. The Morgan fingerprint density at radius 3 is 2.78 bits per heavy atom. The molecule has 1 aliphatic heterocycles. The summed E-state index contributed by atoms with van der Waals surface area (Å²) < 4.78 is 34.1. The summed E-state index contributed by atoms with van der Waals surface area (Å²) in [7, 11) is -4.02. The Hall–Kier alpha value is -3.47. The quantitative estimate of drug-likeness (QED) is 0.351. The average Bonchev–Trinajstić information content (AvgIpc) is 3.46. The van der Waals surface area contributed by atoms with Crippen LogP contribution in [0.5, 0.6) is 0 Å². The molecule has 11 heteroatoms. The van der Waals surface area contributed by atoms with Crippen LogP contribution in [0, 0.1) is 6.92 Å². The number of para-hydroxylation sites is 1. The highest BCUT2D eigenvalue weighted by molar-refractivity contribution is 7.93. The fourth-order valence-corrected chi connectivity index (χ4v) is 6.95. The van der Waals surface area contributed by atoms with Crippen LogP contribution in [-0.2, 0) is 26.0 Å². The molecule has 0 unspecified atom stereocenters. The average molecular weight is 542 g/mol. The van der Waals surface area contributed by atoms with Crippen molar-refractivity contribution >= 4 is 65.9 Å². The number of anilines is 2. The molecule has 0 saturated heterocycles. The normalized spacial score (nSPS) is 13.0. The molecule has 184 valence electrons. The van der Waals surface area contributed by atoms with E-state index in [9.17, 15) is 18.0 Å². The highest BCUT2D eigenvalue weighted by Crippen LogP contribution is 2.35. The number of amides is 1. The van der Waals surface area contributed by atoms with Gasteiger partial charge in [0.1, 0.15) is 4.90 Å². The predicted molar refractivity (Wildman–Crippen MR) is 139 cm³/mol. The van der Waals surface area contributed by atoms with Gasteiger partial charge in [-0.25, -0.2) is 18.2 Å². The standard InChI is InChI=1S/C25H20ClN3O5S2/c1-15-6-9-19-21(12-15)35-25(27-19)28-23(30)14-34-24(31)17-7-8-18(26)22(13-17)36(32,33)29-11-10-16-4-2-3-5-20(16)29/h2-9,12-13H,10-11,14H2,1H3,(H,27,28,30). The van der Waals surface area contributed by atoms with Crippen LogP contribution >= 0.6 is 22.9 Å². The van der Waals surface area contributed by atoms with E-state index in [0.717, 1.165) is 21.3 Å². The van der Waals surface area contributed by atoms with Crippen molar-refractivity contribution in [1.29, 1.82) is 0 Å². The first kappa shape index (κ1) is 24.2. The van der Waals surface area contributed by atoms with Crippen LogP contribution in [0.25, 0.3) is 10.2 Å². The Bertz CT molecular complexity index is 1620. The first-order chi connectivity index (χ1) is 17.2. The molecule has 0 radical (unpaired) electrons. The van der Waals surface area contributed by atoms with E-state index in [-0.39, 0.29) is 22.0 Å². The SMILES string of the molecule is Cc1ccc2nc(NC(=O)COC(=O)c3ccc(Cl)c(S(=O)(=O)N4CCc5ccccc54)c3)sc2c1. The smallest absolute Gasteiger partial charge is 0.338 e. The number of sulfonamides is 1. The van der Waals surface area contributed by atoms with Gasteiger partial charge in [0, 0.05) is 6.54 Å². The number of nitrogens with zero attached hydrogens (tertiary/aromatic N) is 2. The van der Waals surface area contributed by atoms with Crippen LogP contribution < -0.4 is 9.62 Å². The van der Waals surface area contributed by atoms with Crippen molar-refractivity contribution in [3.8, 4) is 0 Å². The molecule has 8 nitrogen and oxygen atoms in total. The molecule has 0 spiro atoms. The van der Waals surface area contributed by atoms with Gasteiger partial charge in [0.05, 0.1) is 26.5 Å². The second-order valence-corrected chi connectivity index (χ2v) is 11.5. The molecule has 0 bridgehead atoms. The van der Waals surface area contributed by atoms with Gasteiger partial charge < -0.3 is 4.74 Å². The number of esters is 1. The molecule has 1 aromatic heterocycles. The number of halogens is 1. The van der Waals surface area contributed by atoms with Gasteiger partial charge in [-0.15, -0.1) is 0 Å². The van der Waals surface area contributed by atoms with E-state index >= 15 is 0 Å². The highest BCUT2D eigenvalue weighted by Gasteiger charge is 2.32. The molecule has 4 aromatic rings. The Kier molecular flexibility index (Phi) is 6.42. The zero-order chi connectivity index (χ0) is 25.4. The van der Waals surface area contributed by atoms with E-state index < -0.39 is 28.5 Å². The van der Waals surface area contributed by atoms with Crippen LogP contribution in [0.1, 0.15) is 21.5 Å². The number of carbonyl (C=O) groups is 2. The molecule has 0 fully saturated rings. The van der Waals surface area contributed by atoms with Crippen molar-refractivity contribution in [2.45, 2.75) is 18.2 Å². The third kappa shape index (κ3) is 4.67. The number of aryl methyl sites for hydroxylation is 1. The third-order valence-electron chi connectivity index (χ3n) is 5.70. The maximum absolute atomic E-state index is 13.4. The molecule has 0 saturated carbocycles. The minimum absolute atomic E-state index is 0.0141. The van der Waals surface area contributed by atoms with Gasteiger partial charge in [-0.1, -0.05) is 47.2 Å². The van der Waals surface area contributed by atoms with Crippen molar-refractivity contribution in [3.63, 3.8) is 0 Å². The molecule has 36 heavy (non-hydrogen) atoms. The van der Waals surface area contributed by atoms with E-state index in [1.54, 1.807) is 12.1 Å². The van der Waals surface area contributed by atoms with Crippen molar-refractivity contribution in [2.75, 3.05) is 22.8 Å². The Labute approximate surface area is 216 Å². The van der Waals surface area contributed by atoms with E-state index in [1.807, 2.05) is 37.3 Å². The van der Waals surface area contributed by atoms with E-state index in [2.05, 4.69) is 10.3 Å². The summed E-state index contributed by atoms with van der Waals surface area (Å²) in [5, 5.41) is 2.99. The topological polar surface area (TPSA) is 106 Å². The summed E-state index contributed by atoms with van der Waals surface area (Å²) in [6.07, 6.45) is 0.581. The number of carbonyl (C=O) groups excluding carboxylic acids is 2. The molecule has 5 rings (SSSR count). The first-order valence-electron chi connectivity index (χ1n) is 11.0. The van der Waals surface area contributed by atoms with Gasteiger partial charge in [-0.2, -0.15) is 0 Å². The van der Waals surface area contributed by atoms with Gasteiger partial charge in [0.25, 0.3) is 15.9 Å². The summed E-state index contributed by atoms with van der Waals surface area (Å²) in [6.45, 7) is 1.69. The number of fused-ring (bicyclic) bond motifs is 2. The predicted octanol–water partition coefficient (Wildman–Crippen LogP) is 4.81. The van der Waals surface area contributed by atoms with Gasteiger partial charge >= 0.3 is 5.97 Å². The Balaban J connectivity index is 1.28. The van der Waals surface area contributed by atoms with E-state index in [1.165, 1.54) is 33.8 Å². The summed E-state index contributed by atoms with van der Waals surface area (Å²) in [5.41, 5.74) is 3.31. The highest BCUT2D eigenvalue weighted by atomic mass is 35.5. The number of hydrogen-bond donors (Lipinski definition) is 1. The second-order valence-electron chi connectivity index (χ2n) is 8.22. The summed E-state index contributed by atoms with van der Waals surface area (Å²) in [4.78, 5) is 29.1. The number of benzene rings is 3. The monoisotopic (exact) mass is 541 g/mol. The van der Waals surface area contributed by atoms with Crippen LogP contribution in [0.15, 0.2) is 65.6 Å². The molecule has 0 aliphatic carbocycles. The lowest BCUT2D eigenvalue weighted by atomic mass is 10.2. The van der Waals surface area contributed by atoms with Crippen LogP contribution in [0.2, 0.25) is 5.02 Å². The second kappa shape index (κ2) is 9.53. The molecule has 2 heterocycles. The van der Waals surface area contributed by atoms with Crippen LogP contribution in [-0.4, -0.2) is 38.4 Å². The molecule has 0 atom stereocenters. The third-order valence-corrected chi connectivity index (χ3v) is 8.93. The zero-order valence-electron chi connectivity index (χ0n) is 19.0. The van der Waals surface area contributed by atoms with Gasteiger partial charge in [0.15, 0.2) is 11.7 Å². The van der Waals surface area contributed by atoms with E-state index in [0.29, 0.717) is 17.2 Å². The minimum atomic E-state index is -4.02. The number of ether oxygens (including phenoxy) is 1. The lowest BCUT2D eigenvalue weighted by Crippen LogP contribution is -2.29. The van der Waals surface area contributed by atoms with Gasteiger partial charge in [-0.05, 0) is 60.9 Å². The maximum Gasteiger partial charge on any atom is 0.338 e. The fourth-order valence-electron chi connectivity index (χ4n) is 3.96. The summed E-state index contributed by atoms with van der Waals surface area (Å²) in [5.74, 6) is -1.41. The number of nitrogens with one attached hydrogen (secondary N) is 1. The molecule has 1 aliphatic rings. The van der Waals surface area contributed by atoms with Gasteiger partial charge in [-0.3, -0.25) is 14.4 Å². The lowest BCUT2D eigenvalue weighted by Gasteiger charge is -2.20. The van der Waals surface area contributed by atoms with Crippen molar-refractivity contribution in [3.05, 3.63) is 82.4 Å².